The first-order chi connectivity index (χ1) is 6.27. The maximum atomic E-state index is 11.4. The van der Waals surface area contributed by atoms with Crippen LogP contribution < -0.4 is 5.73 Å². The van der Waals surface area contributed by atoms with E-state index >= 15 is 0 Å². The minimum absolute atomic E-state index is 0.124. The van der Waals surface area contributed by atoms with Crippen molar-refractivity contribution < 1.29 is 4.79 Å². The summed E-state index contributed by atoms with van der Waals surface area (Å²) < 4.78 is 0. The van der Waals surface area contributed by atoms with Crippen LogP contribution in [-0.4, -0.2) is 18.6 Å². The molecule has 0 amide bonds. The van der Waals surface area contributed by atoms with Gasteiger partial charge in [-0.3, -0.25) is 4.79 Å². The molecule has 0 bridgehead atoms. The van der Waals surface area contributed by atoms with Crippen molar-refractivity contribution in [3.8, 4) is 0 Å². The van der Waals surface area contributed by atoms with Crippen molar-refractivity contribution in [2.75, 3.05) is 12.8 Å². The molecule has 1 aromatic carbocycles. The topological polar surface area (TPSA) is 43.1 Å². The molecule has 0 saturated heterocycles. The lowest BCUT2D eigenvalue weighted by Crippen LogP contribution is -2.07. The molecule has 0 saturated carbocycles. The first kappa shape index (κ1) is 10.3. The Kier molecular flexibility index (Phi) is 3.99. The molecule has 13 heavy (non-hydrogen) atoms. The van der Waals surface area contributed by atoms with E-state index in [1.54, 1.807) is 11.8 Å². The number of nitrogens with two attached hydrogens (primary N) is 1. The van der Waals surface area contributed by atoms with Crippen molar-refractivity contribution in [2.24, 2.45) is 5.73 Å². The second-order valence-electron chi connectivity index (χ2n) is 2.69. The van der Waals surface area contributed by atoms with Gasteiger partial charge < -0.3 is 5.73 Å². The fraction of sp³-hybridized carbons (Fsp3) is 0.300. The zero-order valence-electron chi connectivity index (χ0n) is 7.62. The molecule has 0 atom stereocenters. The Hall–Kier alpha value is -0.800. The van der Waals surface area contributed by atoms with E-state index in [9.17, 15) is 4.79 Å². The smallest absolute Gasteiger partial charge is 0.164 e. The molecule has 0 aliphatic carbocycles. The summed E-state index contributed by atoms with van der Waals surface area (Å²) in [4.78, 5) is 12.5. The zero-order chi connectivity index (χ0) is 9.68. The quantitative estimate of drug-likeness (QED) is 0.590. The van der Waals surface area contributed by atoms with Crippen molar-refractivity contribution in [2.45, 2.75) is 11.3 Å². The number of ketones is 1. The number of rotatable bonds is 4. The van der Waals surface area contributed by atoms with Crippen molar-refractivity contribution in [1.82, 2.24) is 0 Å². The average Bonchev–Trinajstić information content (AvgIpc) is 2.18. The van der Waals surface area contributed by atoms with Gasteiger partial charge in [0.05, 0.1) is 0 Å². The van der Waals surface area contributed by atoms with Gasteiger partial charge in [0, 0.05) is 16.9 Å². The van der Waals surface area contributed by atoms with Gasteiger partial charge in [0.15, 0.2) is 5.78 Å². The average molecular weight is 195 g/mol. The normalized spacial score (nSPS) is 10.0. The van der Waals surface area contributed by atoms with E-state index in [-0.39, 0.29) is 5.78 Å². The summed E-state index contributed by atoms with van der Waals surface area (Å²) in [6, 6.07) is 7.62. The fourth-order valence-corrected chi connectivity index (χ4v) is 1.53. The Morgan fingerprint density at radius 1 is 1.54 bits per heavy atom. The van der Waals surface area contributed by atoms with Gasteiger partial charge in [0.1, 0.15) is 0 Å². The number of carbonyl (C=O) groups is 1. The SMILES string of the molecule is CSc1cccc(C(=O)CCN)c1. The monoisotopic (exact) mass is 195 g/mol. The third-order valence-corrected chi connectivity index (χ3v) is 2.49. The van der Waals surface area contributed by atoms with Gasteiger partial charge in [-0.1, -0.05) is 12.1 Å². The van der Waals surface area contributed by atoms with Gasteiger partial charge in [-0.15, -0.1) is 11.8 Å². The summed E-state index contributed by atoms with van der Waals surface area (Å²) in [5.74, 6) is 0.124. The van der Waals surface area contributed by atoms with Crippen LogP contribution in [0.15, 0.2) is 29.2 Å². The second-order valence-corrected chi connectivity index (χ2v) is 3.57. The van der Waals surface area contributed by atoms with Gasteiger partial charge >= 0.3 is 0 Å². The van der Waals surface area contributed by atoms with E-state index in [1.807, 2.05) is 30.5 Å². The minimum atomic E-state index is 0.124. The molecule has 70 valence electrons. The van der Waals surface area contributed by atoms with Crippen LogP contribution in [0.25, 0.3) is 0 Å². The second kappa shape index (κ2) is 5.04. The first-order valence-corrected chi connectivity index (χ1v) is 5.37. The molecule has 0 radical (unpaired) electrons. The highest BCUT2D eigenvalue weighted by molar-refractivity contribution is 7.98. The van der Waals surface area contributed by atoms with Crippen LogP contribution in [0.5, 0.6) is 0 Å². The number of benzene rings is 1. The van der Waals surface area contributed by atoms with Crippen LogP contribution in [0.4, 0.5) is 0 Å². The summed E-state index contributed by atoms with van der Waals surface area (Å²) in [6.07, 6.45) is 2.42. The van der Waals surface area contributed by atoms with E-state index in [1.165, 1.54) is 0 Å². The molecule has 2 nitrogen and oxygen atoms in total. The Morgan fingerprint density at radius 2 is 2.31 bits per heavy atom. The van der Waals surface area contributed by atoms with Gasteiger partial charge in [0.25, 0.3) is 0 Å². The van der Waals surface area contributed by atoms with Crippen LogP contribution in [0.3, 0.4) is 0 Å². The number of thioether (sulfide) groups is 1. The van der Waals surface area contributed by atoms with Gasteiger partial charge in [-0.05, 0) is 24.9 Å². The maximum absolute atomic E-state index is 11.4. The summed E-state index contributed by atoms with van der Waals surface area (Å²) in [7, 11) is 0. The predicted octanol–water partition coefficient (Wildman–Crippen LogP) is 1.94. The zero-order valence-corrected chi connectivity index (χ0v) is 8.43. The highest BCUT2D eigenvalue weighted by Gasteiger charge is 2.04. The minimum Gasteiger partial charge on any atom is -0.330 e. The molecule has 0 unspecified atom stereocenters. The van der Waals surface area contributed by atoms with E-state index < -0.39 is 0 Å². The Balaban J connectivity index is 2.82. The predicted molar refractivity (Wildman–Crippen MR) is 56.2 cm³/mol. The molecule has 3 heteroatoms. The summed E-state index contributed by atoms with van der Waals surface area (Å²) in [6.45, 7) is 0.419. The first-order valence-electron chi connectivity index (χ1n) is 4.15. The molecule has 0 heterocycles. The molecule has 0 aliphatic heterocycles. The Labute approximate surface area is 82.5 Å². The Bertz CT molecular complexity index is 299. The molecule has 1 rings (SSSR count). The van der Waals surface area contributed by atoms with E-state index in [4.69, 9.17) is 5.73 Å². The lowest BCUT2D eigenvalue weighted by atomic mass is 10.1. The number of hydrogen-bond acceptors (Lipinski definition) is 3. The molecular weight excluding hydrogens is 182 g/mol. The largest absolute Gasteiger partial charge is 0.330 e. The van der Waals surface area contributed by atoms with Crippen LogP contribution in [-0.2, 0) is 0 Å². The maximum Gasteiger partial charge on any atom is 0.164 e. The van der Waals surface area contributed by atoms with Crippen molar-refractivity contribution in [3.05, 3.63) is 29.8 Å². The number of hydrogen-bond donors (Lipinski definition) is 1. The Morgan fingerprint density at radius 3 is 2.92 bits per heavy atom. The van der Waals surface area contributed by atoms with E-state index in [0.29, 0.717) is 13.0 Å². The summed E-state index contributed by atoms with van der Waals surface area (Å²) in [5, 5.41) is 0. The van der Waals surface area contributed by atoms with Gasteiger partial charge in [0.2, 0.25) is 0 Å². The molecule has 0 aliphatic rings. The standard InChI is InChI=1S/C10H13NOS/c1-13-9-4-2-3-8(7-9)10(12)5-6-11/h2-4,7H,5-6,11H2,1H3. The van der Waals surface area contributed by atoms with Crippen molar-refractivity contribution >= 4 is 17.5 Å². The van der Waals surface area contributed by atoms with E-state index in [2.05, 4.69) is 0 Å². The highest BCUT2D eigenvalue weighted by atomic mass is 32.2. The van der Waals surface area contributed by atoms with Crippen LogP contribution in [0, 0.1) is 0 Å². The summed E-state index contributed by atoms with van der Waals surface area (Å²) >= 11 is 1.63. The third-order valence-electron chi connectivity index (χ3n) is 1.76. The third kappa shape index (κ3) is 2.86. The van der Waals surface area contributed by atoms with Gasteiger partial charge in [-0.25, -0.2) is 0 Å². The van der Waals surface area contributed by atoms with Crippen molar-refractivity contribution in [3.63, 3.8) is 0 Å². The lowest BCUT2D eigenvalue weighted by molar-refractivity contribution is 0.0985. The molecular formula is C10H13NOS. The van der Waals surface area contributed by atoms with E-state index in [0.717, 1.165) is 10.5 Å². The fourth-order valence-electron chi connectivity index (χ4n) is 1.07. The molecule has 1 aromatic rings. The molecule has 0 aromatic heterocycles. The van der Waals surface area contributed by atoms with Crippen LogP contribution >= 0.6 is 11.8 Å². The highest BCUT2D eigenvalue weighted by Crippen LogP contribution is 2.16. The lowest BCUT2D eigenvalue weighted by Gasteiger charge is -2.00. The van der Waals surface area contributed by atoms with Crippen LogP contribution in [0.2, 0.25) is 0 Å². The summed E-state index contributed by atoms with van der Waals surface area (Å²) in [5.41, 5.74) is 6.07. The molecule has 0 fully saturated rings. The van der Waals surface area contributed by atoms with Gasteiger partial charge in [-0.2, -0.15) is 0 Å². The number of carbonyl (C=O) groups excluding carboxylic acids is 1. The molecule has 2 N–H and O–H groups in total. The van der Waals surface area contributed by atoms with Crippen LogP contribution in [0.1, 0.15) is 16.8 Å². The molecule has 0 spiro atoms. The van der Waals surface area contributed by atoms with Crippen molar-refractivity contribution in [1.29, 1.82) is 0 Å². The number of Topliss-reactive ketones (excluding diaryl/α,β-unsaturated/α-hetero) is 1.